The first-order valence-electron chi connectivity index (χ1n) is 7.95. The maximum atomic E-state index is 6.24. The third-order valence-corrected chi connectivity index (χ3v) is 5.68. The second-order valence-electron chi connectivity index (χ2n) is 7.43. The van der Waals surface area contributed by atoms with Crippen molar-refractivity contribution >= 4 is 11.0 Å². The van der Waals surface area contributed by atoms with Crippen molar-refractivity contribution in [3.8, 4) is 0 Å². The van der Waals surface area contributed by atoms with Gasteiger partial charge in [0.25, 0.3) is 0 Å². The van der Waals surface area contributed by atoms with E-state index in [0.717, 1.165) is 24.9 Å². The van der Waals surface area contributed by atoms with E-state index >= 15 is 0 Å². The molecule has 5 nitrogen and oxygen atoms in total. The lowest BCUT2D eigenvalue weighted by molar-refractivity contribution is -0.0488. The topological polar surface area (TPSA) is 65.1 Å². The molecule has 2 bridgehead atoms. The Morgan fingerprint density at radius 1 is 1.36 bits per heavy atom. The predicted octanol–water partition coefficient (Wildman–Crippen LogP) is 1.70. The Bertz CT molecular complexity index is 727. The Morgan fingerprint density at radius 2 is 2.14 bits per heavy atom. The van der Waals surface area contributed by atoms with Crippen molar-refractivity contribution in [2.45, 2.75) is 50.0 Å². The molecule has 5 rings (SSSR count). The van der Waals surface area contributed by atoms with Crippen molar-refractivity contribution in [2.75, 3.05) is 6.54 Å². The molecule has 1 aromatic carbocycles. The van der Waals surface area contributed by atoms with Crippen LogP contribution in [0.1, 0.15) is 32.3 Å². The number of nitrogens with two attached hydrogens (primary N) is 1. The van der Waals surface area contributed by atoms with Crippen LogP contribution in [0.3, 0.4) is 0 Å². The molecule has 2 aromatic rings. The highest BCUT2D eigenvalue weighted by Gasteiger charge is 2.70. The summed E-state index contributed by atoms with van der Waals surface area (Å²) in [6.07, 6.45) is 3.88. The molecule has 0 spiro atoms. The minimum absolute atomic E-state index is 0.0348. The van der Waals surface area contributed by atoms with Crippen LogP contribution in [0.2, 0.25) is 0 Å². The number of fused-ring (bicyclic) bond motifs is 2. The lowest BCUT2D eigenvalue weighted by atomic mass is 9.62. The van der Waals surface area contributed by atoms with Crippen molar-refractivity contribution < 1.29 is 4.74 Å². The summed E-state index contributed by atoms with van der Waals surface area (Å²) in [5, 5.41) is 3.78. The Kier molecular flexibility index (Phi) is 2.78. The van der Waals surface area contributed by atoms with Gasteiger partial charge in [0.2, 0.25) is 0 Å². The number of hydrogen-bond acceptors (Lipinski definition) is 4. The zero-order valence-corrected chi connectivity index (χ0v) is 13.5. The van der Waals surface area contributed by atoms with E-state index in [2.05, 4.69) is 46.9 Å². The quantitative estimate of drug-likeness (QED) is 0.902. The van der Waals surface area contributed by atoms with Gasteiger partial charge in [-0.1, -0.05) is 12.1 Å². The average Bonchev–Trinajstić information content (AvgIpc) is 3.00. The van der Waals surface area contributed by atoms with Crippen LogP contribution in [0.15, 0.2) is 24.5 Å². The number of rotatable bonds is 4. The first-order chi connectivity index (χ1) is 10.4. The van der Waals surface area contributed by atoms with E-state index in [1.165, 1.54) is 11.1 Å². The van der Waals surface area contributed by atoms with Gasteiger partial charge < -0.3 is 20.4 Å². The summed E-state index contributed by atoms with van der Waals surface area (Å²) in [5.41, 5.74) is 9.19. The first kappa shape index (κ1) is 14.2. The summed E-state index contributed by atoms with van der Waals surface area (Å²) in [6, 6.07) is 6.30. The highest BCUT2D eigenvalue weighted by atomic mass is 16.5. The molecule has 1 aliphatic carbocycles. The normalized spacial score (nSPS) is 32.4. The highest BCUT2D eigenvalue weighted by molar-refractivity contribution is 5.78. The van der Waals surface area contributed by atoms with E-state index in [1.54, 1.807) is 0 Å². The van der Waals surface area contributed by atoms with E-state index in [-0.39, 0.29) is 16.7 Å². The van der Waals surface area contributed by atoms with Gasteiger partial charge in [-0.2, -0.15) is 0 Å². The number of aromatic nitrogens is 2. The van der Waals surface area contributed by atoms with Crippen LogP contribution in [0.25, 0.3) is 11.0 Å². The van der Waals surface area contributed by atoms with E-state index in [4.69, 9.17) is 10.5 Å². The molecule has 0 radical (unpaired) electrons. The zero-order chi connectivity index (χ0) is 15.6. The Balaban J connectivity index is 1.59. The molecule has 3 heterocycles. The number of hydrogen-bond donors (Lipinski definition) is 2. The smallest absolute Gasteiger partial charge is 0.0955 e. The van der Waals surface area contributed by atoms with Crippen LogP contribution in [-0.4, -0.2) is 32.8 Å². The van der Waals surface area contributed by atoms with E-state index in [1.807, 2.05) is 13.4 Å². The molecule has 0 unspecified atom stereocenters. The van der Waals surface area contributed by atoms with Gasteiger partial charge in [-0.05, 0) is 38.3 Å². The van der Waals surface area contributed by atoms with Gasteiger partial charge >= 0.3 is 0 Å². The van der Waals surface area contributed by atoms with Gasteiger partial charge in [-0.15, -0.1) is 0 Å². The van der Waals surface area contributed by atoms with E-state index in [9.17, 15) is 0 Å². The molecule has 118 valence electrons. The van der Waals surface area contributed by atoms with Gasteiger partial charge in [0, 0.05) is 20.1 Å². The summed E-state index contributed by atoms with van der Waals surface area (Å²) in [7, 11) is 2.04. The monoisotopic (exact) mass is 300 g/mol. The van der Waals surface area contributed by atoms with Gasteiger partial charge in [-0.25, -0.2) is 4.98 Å². The molecule has 1 aromatic heterocycles. The molecule has 3 fully saturated rings. The molecule has 3 N–H and O–H groups in total. The summed E-state index contributed by atoms with van der Waals surface area (Å²) in [6.45, 7) is 5.78. The Morgan fingerprint density at radius 3 is 2.82 bits per heavy atom. The minimum Gasteiger partial charge on any atom is -0.366 e. The Labute approximate surface area is 130 Å². The van der Waals surface area contributed by atoms with Crippen molar-refractivity contribution in [2.24, 2.45) is 12.8 Å². The molecule has 2 saturated heterocycles. The number of ether oxygens (including phenoxy) is 1. The van der Waals surface area contributed by atoms with E-state index < -0.39 is 0 Å². The molecule has 5 heteroatoms. The van der Waals surface area contributed by atoms with Crippen LogP contribution in [0.4, 0.5) is 0 Å². The largest absolute Gasteiger partial charge is 0.366 e. The second-order valence-corrected chi connectivity index (χ2v) is 7.43. The van der Waals surface area contributed by atoms with Crippen LogP contribution in [0.5, 0.6) is 0 Å². The van der Waals surface area contributed by atoms with Crippen molar-refractivity contribution in [3.05, 3.63) is 30.1 Å². The second kappa shape index (κ2) is 4.31. The average molecular weight is 300 g/mol. The fourth-order valence-corrected chi connectivity index (χ4v) is 4.41. The van der Waals surface area contributed by atoms with Crippen LogP contribution < -0.4 is 11.1 Å². The number of imidazole rings is 1. The Hall–Kier alpha value is -1.43. The molecule has 22 heavy (non-hydrogen) atoms. The summed E-state index contributed by atoms with van der Waals surface area (Å²) < 4.78 is 8.33. The van der Waals surface area contributed by atoms with Crippen LogP contribution in [-0.2, 0) is 18.3 Å². The number of nitrogens with one attached hydrogen (secondary N) is 1. The number of para-hydroxylation sites is 1. The van der Waals surface area contributed by atoms with E-state index in [0.29, 0.717) is 6.54 Å². The van der Waals surface area contributed by atoms with Crippen molar-refractivity contribution in [1.29, 1.82) is 0 Å². The van der Waals surface area contributed by atoms with Crippen molar-refractivity contribution in [1.82, 2.24) is 14.9 Å². The van der Waals surface area contributed by atoms with Gasteiger partial charge in [0.05, 0.1) is 34.1 Å². The van der Waals surface area contributed by atoms with Gasteiger partial charge in [0.15, 0.2) is 0 Å². The molecule has 3 aliphatic rings. The first-order valence-corrected chi connectivity index (χ1v) is 7.95. The number of benzene rings is 1. The molecule has 1 saturated carbocycles. The minimum atomic E-state index is -0.174. The van der Waals surface area contributed by atoms with Crippen LogP contribution >= 0.6 is 0 Å². The lowest BCUT2D eigenvalue weighted by Crippen LogP contribution is -2.64. The standard InChI is InChI=1S/C17H24N4O/c1-15(2)17(8-16(9-17,10-18)22-15)20-7-12-5-4-6-13-14(12)21(3)11-19-13/h4-6,11,20H,7-10,18H2,1-3H3. The number of nitrogens with zero attached hydrogens (tertiary/aromatic N) is 2. The maximum Gasteiger partial charge on any atom is 0.0955 e. The summed E-state index contributed by atoms with van der Waals surface area (Å²) in [5.74, 6) is 0. The van der Waals surface area contributed by atoms with Crippen LogP contribution in [0, 0.1) is 0 Å². The SMILES string of the molecule is Cn1cnc2cccc(CNC34CC(CN)(C3)OC4(C)C)c21. The summed E-state index contributed by atoms with van der Waals surface area (Å²) in [4.78, 5) is 4.43. The molecule has 0 atom stereocenters. The zero-order valence-electron chi connectivity index (χ0n) is 13.5. The lowest BCUT2D eigenvalue weighted by Gasteiger charge is -2.47. The summed E-state index contributed by atoms with van der Waals surface area (Å²) >= 11 is 0. The molecule has 0 amide bonds. The third kappa shape index (κ3) is 1.73. The molecule has 2 aliphatic heterocycles. The van der Waals surface area contributed by atoms with Gasteiger partial charge in [0.1, 0.15) is 0 Å². The fourth-order valence-electron chi connectivity index (χ4n) is 4.41. The fraction of sp³-hybridized carbons (Fsp3) is 0.588. The highest BCUT2D eigenvalue weighted by Crippen LogP contribution is 2.60. The van der Waals surface area contributed by atoms with Crippen molar-refractivity contribution in [3.63, 3.8) is 0 Å². The molecular formula is C17H24N4O. The molecular weight excluding hydrogens is 276 g/mol. The third-order valence-electron chi connectivity index (χ3n) is 5.68. The predicted molar refractivity (Wildman–Crippen MR) is 86.5 cm³/mol. The number of aryl methyl sites for hydroxylation is 1. The van der Waals surface area contributed by atoms with Gasteiger partial charge in [-0.3, -0.25) is 0 Å². The maximum absolute atomic E-state index is 6.24.